The van der Waals surface area contributed by atoms with Crippen molar-refractivity contribution in [1.82, 2.24) is 4.98 Å². The molecule has 1 aromatic heterocycles. The zero-order valence-corrected chi connectivity index (χ0v) is 14.0. The summed E-state index contributed by atoms with van der Waals surface area (Å²) in [6.07, 6.45) is 0. The molecular weight excluding hydrogens is 300 g/mol. The van der Waals surface area contributed by atoms with Crippen molar-refractivity contribution >= 4 is 16.5 Å². The van der Waals surface area contributed by atoms with Crippen LogP contribution in [0.3, 0.4) is 0 Å². The first-order valence-corrected chi connectivity index (χ1v) is 8.18. The Morgan fingerprint density at radius 2 is 1.95 bits per heavy atom. The molecule has 0 unspecified atom stereocenters. The number of hydrogen-bond donors (Lipinski definition) is 1. The van der Waals surface area contributed by atoms with E-state index in [-0.39, 0.29) is 0 Å². The van der Waals surface area contributed by atoms with Crippen LogP contribution in [0.15, 0.2) is 12.1 Å². The van der Waals surface area contributed by atoms with Crippen LogP contribution in [0.4, 0.5) is 5.13 Å². The number of aromatic nitrogens is 1. The highest BCUT2D eigenvalue weighted by Gasteiger charge is 2.38. The minimum absolute atomic E-state index is 0.506. The summed E-state index contributed by atoms with van der Waals surface area (Å²) in [5, 5.41) is 0.543. The number of rotatable bonds is 4. The topological polar surface area (TPSA) is 66.6 Å². The van der Waals surface area contributed by atoms with E-state index in [9.17, 15) is 0 Å². The van der Waals surface area contributed by atoms with E-state index in [1.807, 2.05) is 39.8 Å². The number of nitrogen functional groups attached to an aromatic ring is 1. The van der Waals surface area contributed by atoms with Gasteiger partial charge in [0.25, 0.3) is 0 Å². The molecule has 118 valence electrons. The van der Waals surface area contributed by atoms with Crippen LogP contribution < -0.4 is 19.9 Å². The summed E-state index contributed by atoms with van der Waals surface area (Å²) in [6.45, 7) is 9.00. The highest BCUT2D eigenvalue weighted by atomic mass is 32.1. The number of hydrogen-bond acceptors (Lipinski definition) is 6. The zero-order valence-electron chi connectivity index (χ0n) is 13.2. The summed E-state index contributed by atoms with van der Waals surface area (Å²) in [5.74, 6) is 1.99. The number of benzene rings is 1. The molecule has 1 aromatic carbocycles. The van der Waals surface area contributed by atoms with E-state index >= 15 is 0 Å². The van der Waals surface area contributed by atoms with E-state index in [4.69, 9.17) is 19.9 Å². The number of thiazole rings is 1. The van der Waals surface area contributed by atoms with Crippen molar-refractivity contribution in [3.05, 3.63) is 17.0 Å². The van der Waals surface area contributed by atoms with Crippen molar-refractivity contribution in [3.8, 4) is 28.5 Å². The third kappa shape index (κ3) is 2.27. The fraction of sp³-hybridized carbons (Fsp3) is 0.438. The Morgan fingerprint density at radius 3 is 2.64 bits per heavy atom. The van der Waals surface area contributed by atoms with Gasteiger partial charge >= 0.3 is 0 Å². The molecule has 0 spiro atoms. The largest absolute Gasteiger partial charge is 0.490 e. The number of nitrogens with two attached hydrogens (primary N) is 1. The van der Waals surface area contributed by atoms with Gasteiger partial charge in [-0.05, 0) is 39.8 Å². The normalized spacial score (nSPS) is 14.7. The van der Waals surface area contributed by atoms with E-state index < -0.39 is 5.60 Å². The van der Waals surface area contributed by atoms with Gasteiger partial charge in [0.15, 0.2) is 16.6 Å². The van der Waals surface area contributed by atoms with Gasteiger partial charge in [0.1, 0.15) is 5.60 Å². The number of nitrogens with zero attached hydrogens (tertiary/aromatic N) is 1. The van der Waals surface area contributed by atoms with Crippen molar-refractivity contribution in [3.63, 3.8) is 0 Å². The first-order chi connectivity index (χ1) is 10.5. The van der Waals surface area contributed by atoms with Crippen molar-refractivity contribution in [2.24, 2.45) is 0 Å². The first-order valence-electron chi connectivity index (χ1n) is 7.36. The van der Waals surface area contributed by atoms with E-state index in [2.05, 4.69) is 4.98 Å². The van der Waals surface area contributed by atoms with Crippen LogP contribution in [0.25, 0.3) is 11.3 Å². The Kier molecular flexibility index (Phi) is 3.64. The third-order valence-corrected chi connectivity index (χ3v) is 4.66. The standard InChI is InChI=1S/C16H20N2O3S/c1-5-19-10-8-7-9-11-14(22-15(17)18-11)16(3,4)21-12(9)13(10)20-6-2/h7-8H,5-6H2,1-4H3,(H2,17,18). The average Bonchev–Trinajstić information content (AvgIpc) is 2.85. The van der Waals surface area contributed by atoms with Crippen molar-refractivity contribution < 1.29 is 14.2 Å². The molecule has 0 bridgehead atoms. The summed E-state index contributed by atoms with van der Waals surface area (Å²) in [5.41, 5.74) is 7.17. The van der Waals surface area contributed by atoms with Gasteiger partial charge in [-0.15, -0.1) is 0 Å². The van der Waals surface area contributed by atoms with Crippen LogP contribution >= 0.6 is 11.3 Å². The molecule has 1 aliphatic rings. The van der Waals surface area contributed by atoms with E-state index in [0.29, 0.717) is 35.6 Å². The first kappa shape index (κ1) is 15.0. The maximum absolute atomic E-state index is 6.24. The number of anilines is 1. The van der Waals surface area contributed by atoms with Crippen molar-refractivity contribution in [1.29, 1.82) is 0 Å². The fourth-order valence-electron chi connectivity index (χ4n) is 2.61. The molecule has 0 fully saturated rings. The summed E-state index contributed by atoms with van der Waals surface area (Å²) < 4.78 is 17.7. The van der Waals surface area contributed by atoms with Crippen LogP contribution in [-0.2, 0) is 5.60 Å². The van der Waals surface area contributed by atoms with Gasteiger partial charge in [-0.3, -0.25) is 0 Å². The lowest BCUT2D eigenvalue weighted by Gasteiger charge is -2.33. The van der Waals surface area contributed by atoms with Crippen LogP contribution in [-0.4, -0.2) is 18.2 Å². The highest BCUT2D eigenvalue weighted by molar-refractivity contribution is 7.16. The smallest absolute Gasteiger partial charge is 0.204 e. The Labute approximate surface area is 134 Å². The Hall–Kier alpha value is -1.95. The molecule has 0 aliphatic carbocycles. The molecule has 1 aliphatic heterocycles. The van der Waals surface area contributed by atoms with Gasteiger partial charge in [0.05, 0.1) is 23.8 Å². The van der Waals surface area contributed by atoms with Gasteiger partial charge in [-0.1, -0.05) is 11.3 Å². The molecule has 22 heavy (non-hydrogen) atoms. The van der Waals surface area contributed by atoms with Gasteiger partial charge in [0.2, 0.25) is 5.75 Å². The van der Waals surface area contributed by atoms with Crippen molar-refractivity contribution in [2.75, 3.05) is 18.9 Å². The van der Waals surface area contributed by atoms with Crippen LogP contribution in [0.1, 0.15) is 32.6 Å². The molecule has 0 saturated heterocycles. The summed E-state index contributed by atoms with van der Waals surface area (Å²) >= 11 is 1.46. The quantitative estimate of drug-likeness (QED) is 0.927. The molecule has 0 saturated carbocycles. The van der Waals surface area contributed by atoms with E-state index in [1.165, 1.54) is 11.3 Å². The molecule has 5 nitrogen and oxygen atoms in total. The highest BCUT2D eigenvalue weighted by Crippen LogP contribution is 2.53. The van der Waals surface area contributed by atoms with Gasteiger partial charge in [-0.2, -0.15) is 0 Å². The Balaban J connectivity index is 2.23. The molecule has 2 aromatic rings. The second-order valence-electron chi connectivity index (χ2n) is 5.48. The lowest BCUT2D eigenvalue weighted by Crippen LogP contribution is -2.28. The molecule has 2 N–H and O–H groups in total. The van der Waals surface area contributed by atoms with Gasteiger partial charge in [0, 0.05) is 5.56 Å². The Morgan fingerprint density at radius 1 is 1.23 bits per heavy atom. The molecular formula is C16H20N2O3S. The Bertz CT molecular complexity index is 710. The summed E-state index contributed by atoms with van der Waals surface area (Å²) in [4.78, 5) is 5.52. The molecule has 3 rings (SSSR count). The predicted octanol–water partition coefficient (Wildman–Crippen LogP) is 3.82. The van der Waals surface area contributed by atoms with Gasteiger partial charge in [-0.25, -0.2) is 4.98 Å². The molecule has 6 heteroatoms. The summed E-state index contributed by atoms with van der Waals surface area (Å²) in [6, 6.07) is 3.85. The van der Waals surface area contributed by atoms with Crippen LogP contribution in [0, 0.1) is 0 Å². The van der Waals surface area contributed by atoms with E-state index in [1.54, 1.807) is 0 Å². The van der Waals surface area contributed by atoms with Crippen LogP contribution in [0.2, 0.25) is 0 Å². The second kappa shape index (κ2) is 5.35. The molecule has 0 atom stereocenters. The maximum Gasteiger partial charge on any atom is 0.204 e. The maximum atomic E-state index is 6.24. The minimum atomic E-state index is -0.506. The second-order valence-corrected chi connectivity index (χ2v) is 6.51. The third-order valence-electron chi connectivity index (χ3n) is 3.47. The fourth-order valence-corrected chi connectivity index (χ4v) is 3.50. The summed E-state index contributed by atoms with van der Waals surface area (Å²) in [7, 11) is 0. The lowest BCUT2D eigenvalue weighted by molar-refractivity contribution is 0.102. The lowest BCUT2D eigenvalue weighted by atomic mass is 9.96. The van der Waals surface area contributed by atoms with Crippen molar-refractivity contribution in [2.45, 2.75) is 33.3 Å². The van der Waals surface area contributed by atoms with Crippen LogP contribution in [0.5, 0.6) is 17.2 Å². The monoisotopic (exact) mass is 320 g/mol. The number of ether oxygens (including phenoxy) is 3. The van der Waals surface area contributed by atoms with E-state index in [0.717, 1.165) is 16.1 Å². The molecule has 0 amide bonds. The minimum Gasteiger partial charge on any atom is -0.490 e. The average molecular weight is 320 g/mol. The molecule has 2 heterocycles. The zero-order chi connectivity index (χ0) is 15.9. The SMILES string of the molecule is CCOc1ccc2c(c1OCC)OC(C)(C)c1sc(N)nc1-2. The van der Waals surface area contributed by atoms with Gasteiger partial charge < -0.3 is 19.9 Å². The molecule has 0 radical (unpaired) electrons. The number of fused-ring (bicyclic) bond motifs is 3. The predicted molar refractivity (Wildman–Crippen MR) is 88.0 cm³/mol.